The van der Waals surface area contributed by atoms with Crippen molar-refractivity contribution in [1.82, 2.24) is 4.90 Å². The first-order valence-corrected chi connectivity index (χ1v) is 9.53. The summed E-state index contributed by atoms with van der Waals surface area (Å²) < 4.78 is 5.34. The molecule has 0 aromatic heterocycles. The molecule has 5 nitrogen and oxygen atoms in total. The van der Waals surface area contributed by atoms with Crippen molar-refractivity contribution in [1.29, 1.82) is 5.26 Å². The number of carbonyl (C=O) groups is 2. The minimum atomic E-state index is -0.560. The Balaban J connectivity index is 1.74. The van der Waals surface area contributed by atoms with Crippen molar-refractivity contribution < 1.29 is 14.3 Å². The molecule has 5 heteroatoms. The van der Waals surface area contributed by atoms with E-state index < -0.39 is 5.97 Å². The second-order valence-corrected chi connectivity index (χ2v) is 7.52. The van der Waals surface area contributed by atoms with Gasteiger partial charge in [0.05, 0.1) is 17.2 Å². The summed E-state index contributed by atoms with van der Waals surface area (Å²) in [6.45, 7) is 5.39. The van der Waals surface area contributed by atoms with Crippen molar-refractivity contribution in [2.75, 3.05) is 19.7 Å². The minimum Gasteiger partial charge on any atom is -0.452 e. The molecular formula is C23H24N2O3. The average Bonchev–Trinajstić information content (AvgIpc) is 2.71. The molecule has 28 heavy (non-hydrogen) atoms. The van der Waals surface area contributed by atoms with Gasteiger partial charge in [-0.05, 0) is 36.0 Å². The van der Waals surface area contributed by atoms with Gasteiger partial charge >= 0.3 is 5.97 Å². The third kappa shape index (κ3) is 4.40. The zero-order valence-electron chi connectivity index (χ0n) is 16.2. The molecule has 2 aromatic rings. The number of nitriles is 1. The molecule has 0 radical (unpaired) electrons. The summed E-state index contributed by atoms with van der Waals surface area (Å²) in [7, 11) is 0. The molecule has 1 aliphatic rings. The predicted octanol–water partition coefficient (Wildman–Crippen LogP) is 3.89. The molecule has 1 heterocycles. The maximum atomic E-state index is 12.7. The Morgan fingerprint density at radius 3 is 2.32 bits per heavy atom. The van der Waals surface area contributed by atoms with E-state index in [-0.39, 0.29) is 12.5 Å². The van der Waals surface area contributed by atoms with Crippen LogP contribution in [0.3, 0.4) is 0 Å². The maximum absolute atomic E-state index is 12.7. The van der Waals surface area contributed by atoms with Crippen LogP contribution in [-0.4, -0.2) is 36.5 Å². The molecule has 0 saturated carbocycles. The number of hydrogen-bond donors (Lipinski definition) is 0. The lowest BCUT2D eigenvalue weighted by Gasteiger charge is -2.34. The van der Waals surface area contributed by atoms with Gasteiger partial charge in [0, 0.05) is 18.7 Å². The number of esters is 1. The fraction of sp³-hybridized carbons (Fsp3) is 0.348. The molecule has 0 N–H and O–H groups in total. The number of ether oxygens (including phenoxy) is 1. The number of benzene rings is 2. The molecule has 3 rings (SSSR count). The molecule has 2 atom stereocenters. The van der Waals surface area contributed by atoms with Gasteiger partial charge in [0.2, 0.25) is 0 Å². The highest BCUT2D eigenvalue weighted by molar-refractivity contribution is 5.98. The number of hydrogen-bond acceptors (Lipinski definition) is 4. The van der Waals surface area contributed by atoms with E-state index in [4.69, 9.17) is 4.74 Å². The average molecular weight is 376 g/mol. The SMILES string of the molecule is C[C@H]1C[C@H](C)CN(C(=O)COC(=O)c2ccccc2-c2ccccc2C#N)C1. The largest absolute Gasteiger partial charge is 0.452 e. The van der Waals surface area contributed by atoms with Gasteiger partial charge in [0.1, 0.15) is 0 Å². The highest BCUT2D eigenvalue weighted by Crippen LogP contribution is 2.27. The van der Waals surface area contributed by atoms with Crippen LogP contribution in [0.25, 0.3) is 11.1 Å². The number of rotatable bonds is 4. The highest BCUT2D eigenvalue weighted by Gasteiger charge is 2.26. The summed E-state index contributed by atoms with van der Waals surface area (Å²) in [4.78, 5) is 26.9. The van der Waals surface area contributed by atoms with Crippen LogP contribution in [0.5, 0.6) is 0 Å². The van der Waals surface area contributed by atoms with Gasteiger partial charge in [-0.15, -0.1) is 0 Å². The lowest BCUT2D eigenvalue weighted by atomic mass is 9.92. The number of likely N-dealkylation sites (tertiary alicyclic amines) is 1. The van der Waals surface area contributed by atoms with E-state index in [9.17, 15) is 14.9 Å². The second-order valence-electron chi connectivity index (χ2n) is 7.52. The molecule has 0 bridgehead atoms. The summed E-state index contributed by atoms with van der Waals surface area (Å²) >= 11 is 0. The number of carbonyl (C=O) groups excluding carboxylic acids is 2. The van der Waals surface area contributed by atoms with Crippen LogP contribution < -0.4 is 0 Å². The van der Waals surface area contributed by atoms with E-state index in [1.165, 1.54) is 0 Å². The lowest BCUT2D eigenvalue weighted by molar-refractivity contribution is -0.137. The van der Waals surface area contributed by atoms with Crippen molar-refractivity contribution >= 4 is 11.9 Å². The quantitative estimate of drug-likeness (QED) is 0.759. The maximum Gasteiger partial charge on any atom is 0.339 e. The van der Waals surface area contributed by atoms with Crippen LogP contribution in [0.1, 0.15) is 36.2 Å². The molecule has 1 saturated heterocycles. The predicted molar refractivity (Wildman–Crippen MR) is 106 cm³/mol. The van der Waals surface area contributed by atoms with E-state index in [0.29, 0.717) is 47.2 Å². The van der Waals surface area contributed by atoms with Gasteiger partial charge in [0.25, 0.3) is 5.91 Å². The Kier molecular flexibility index (Phi) is 6.10. The van der Waals surface area contributed by atoms with Crippen LogP contribution >= 0.6 is 0 Å². The standard InChI is InChI=1S/C23H24N2O3/c1-16-11-17(2)14-25(13-16)22(26)15-28-23(27)21-10-6-5-9-20(21)19-8-4-3-7-18(19)12-24/h3-10,16-17H,11,13-15H2,1-2H3/t16-,17-/m0/s1. The van der Waals surface area contributed by atoms with E-state index >= 15 is 0 Å². The van der Waals surface area contributed by atoms with Crippen molar-refractivity contribution in [2.45, 2.75) is 20.3 Å². The third-order valence-corrected chi connectivity index (χ3v) is 5.03. The van der Waals surface area contributed by atoms with Crippen molar-refractivity contribution in [3.05, 3.63) is 59.7 Å². The van der Waals surface area contributed by atoms with Gasteiger partial charge < -0.3 is 9.64 Å². The molecule has 144 valence electrons. The number of piperidine rings is 1. The van der Waals surface area contributed by atoms with Gasteiger partial charge in [0.15, 0.2) is 6.61 Å². The van der Waals surface area contributed by atoms with Crippen molar-refractivity contribution in [3.8, 4) is 17.2 Å². The Labute approximate surface area is 165 Å². The van der Waals surface area contributed by atoms with Crippen LogP contribution in [0, 0.1) is 23.2 Å². The molecule has 1 aliphatic heterocycles. The summed E-state index contributed by atoms with van der Waals surface area (Å²) in [5.41, 5.74) is 2.12. The number of amides is 1. The van der Waals surface area contributed by atoms with Gasteiger partial charge in [-0.2, -0.15) is 5.26 Å². The van der Waals surface area contributed by atoms with Crippen LogP contribution in [0.15, 0.2) is 48.5 Å². The minimum absolute atomic E-state index is 0.165. The normalized spacial score (nSPS) is 19.0. The first-order chi connectivity index (χ1) is 13.5. The zero-order chi connectivity index (χ0) is 20.1. The summed E-state index contributed by atoms with van der Waals surface area (Å²) in [6, 6.07) is 16.2. The van der Waals surface area contributed by atoms with Gasteiger partial charge in [-0.1, -0.05) is 50.2 Å². The molecule has 1 fully saturated rings. The molecular weight excluding hydrogens is 352 g/mol. The summed E-state index contributed by atoms with van der Waals surface area (Å²) in [6.07, 6.45) is 1.11. The summed E-state index contributed by atoms with van der Waals surface area (Å²) in [5.74, 6) is 0.176. The first kappa shape index (κ1) is 19.6. The molecule has 0 aliphatic carbocycles. The Morgan fingerprint density at radius 2 is 1.64 bits per heavy atom. The molecule has 0 unspecified atom stereocenters. The Morgan fingerprint density at radius 1 is 1.04 bits per heavy atom. The van der Waals surface area contributed by atoms with Gasteiger partial charge in [-0.25, -0.2) is 4.79 Å². The molecule has 0 spiro atoms. The van der Waals surface area contributed by atoms with Gasteiger partial charge in [-0.3, -0.25) is 4.79 Å². The lowest BCUT2D eigenvalue weighted by Crippen LogP contribution is -2.44. The second kappa shape index (κ2) is 8.71. The molecule has 2 aromatic carbocycles. The van der Waals surface area contributed by atoms with Crippen LogP contribution in [0.2, 0.25) is 0 Å². The monoisotopic (exact) mass is 376 g/mol. The zero-order valence-corrected chi connectivity index (χ0v) is 16.2. The first-order valence-electron chi connectivity index (χ1n) is 9.53. The fourth-order valence-electron chi connectivity index (χ4n) is 3.87. The Bertz CT molecular complexity index is 906. The third-order valence-electron chi connectivity index (χ3n) is 5.03. The summed E-state index contributed by atoms with van der Waals surface area (Å²) in [5, 5.41) is 9.36. The van der Waals surface area contributed by atoms with Crippen molar-refractivity contribution in [3.63, 3.8) is 0 Å². The van der Waals surface area contributed by atoms with Crippen LogP contribution in [-0.2, 0) is 9.53 Å². The Hall–Kier alpha value is -3.13. The smallest absolute Gasteiger partial charge is 0.339 e. The topological polar surface area (TPSA) is 70.4 Å². The van der Waals surface area contributed by atoms with E-state index in [2.05, 4.69) is 19.9 Å². The van der Waals surface area contributed by atoms with E-state index in [0.717, 1.165) is 6.42 Å². The van der Waals surface area contributed by atoms with E-state index in [1.54, 1.807) is 41.3 Å². The molecule has 1 amide bonds. The van der Waals surface area contributed by atoms with Crippen molar-refractivity contribution in [2.24, 2.45) is 11.8 Å². The highest BCUT2D eigenvalue weighted by atomic mass is 16.5. The number of nitrogens with zero attached hydrogens (tertiary/aromatic N) is 2. The fourth-order valence-corrected chi connectivity index (χ4v) is 3.87. The van der Waals surface area contributed by atoms with Crippen LogP contribution in [0.4, 0.5) is 0 Å². The van der Waals surface area contributed by atoms with E-state index in [1.807, 2.05) is 12.1 Å².